The van der Waals surface area contributed by atoms with E-state index in [1.54, 1.807) is 12.1 Å². The normalized spacial score (nSPS) is 22.7. The summed E-state index contributed by atoms with van der Waals surface area (Å²) in [6, 6.07) is 3.81. The number of benzene rings is 1. The summed E-state index contributed by atoms with van der Waals surface area (Å²) in [5, 5.41) is 10.4. The molecule has 3 rings (SSSR count). The first-order valence-corrected chi connectivity index (χ1v) is 7.30. The molecule has 1 aromatic carbocycles. The number of fused-ring (bicyclic) bond motifs is 1. The number of alkyl halides is 2. The molecule has 3 N–H and O–H groups in total. The number of hydrogen-bond acceptors (Lipinski definition) is 4. The van der Waals surface area contributed by atoms with Crippen LogP contribution in [0.5, 0.6) is 11.5 Å². The Morgan fingerprint density at radius 1 is 1.18 bits per heavy atom. The summed E-state index contributed by atoms with van der Waals surface area (Å²) < 4.78 is 35.3. The third kappa shape index (κ3) is 3.29. The minimum absolute atomic E-state index is 0. The average Bonchev–Trinajstić information content (AvgIpc) is 2.80. The van der Waals surface area contributed by atoms with E-state index in [9.17, 15) is 13.9 Å². The van der Waals surface area contributed by atoms with Crippen molar-refractivity contribution in [3.05, 3.63) is 23.8 Å². The highest BCUT2D eigenvalue weighted by Crippen LogP contribution is 2.46. The van der Waals surface area contributed by atoms with Gasteiger partial charge >= 0.3 is 6.29 Å². The Morgan fingerprint density at radius 2 is 1.86 bits per heavy atom. The van der Waals surface area contributed by atoms with Gasteiger partial charge in [-0.2, -0.15) is 0 Å². The van der Waals surface area contributed by atoms with Crippen molar-refractivity contribution in [3.8, 4) is 11.5 Å². The van der Waals surface area contributed by atoms with Gasteiger partial charge in [0.2, 0.25) is 0 Å². The van der Waals surface area contributed by atoms with Crippen LogP contribution in [0, 0.1) is 5.92 Å². The molecule has 1 aliphatic carbocycles. The number of hydrogen-bond donors (Lipinski definition) is 2. The van der Waals surface area contributed by atoms with Crippen LogP contribution in [0.1, 0.15) is 43.7 Å². The van der Waals surface area contributed by atoms with E-state index in [2.05, 4.69) is 9.47 Å². The first kappa shape index (κ1) is 17.2. The Hall–Kier alpha value is -1.11. The minimum atomic E-state index is -3.67. The zero-order chi connectivity index (χ0) is 15.0. The van der Waals surface area contributed by atoms with Crippen LogP contribution >= 0.6 is 12.4 Å². The molecular formula is C15H20ClF2NO3. The first-order chi connectivity index (χ1) is 9.98. The van der Waals surface area contributed by atoms with Gasteiger partial charge in [-0.05, 0) is 24.8 Å². The molecule has 0 unspecified atom stereocenters. The lowest BCUT2D eigenvalue weighted by molar-refractivity contribution is -0.287. The smallest absolute Gasteiger partial charge is 0.395 e. The van der Waals surface area contributed by atoms with E-state index in [-0.39, 0.29) is 29.8 Å². The zero-order valence-electron chi connectivity index (χ0n) is 12.0. The lowest BCUT2D eigenvalue weighted by Gasteiger charge is -2.30. The molecule has 124 valence electrons. The molecule has 2 atom stereocenters. The van der Waals surface area contributed by atoms with Crippen LogP contribution in [0.25, 0.3) is 0 Å². The Balaban J connectivity index is 0.00000176. The number of ether oxygens (including phenoxy) is 2. The minimum Gasteiger partial charge on any atom is -0.395 e. The Bertz CT molecular complexity index is 524. The van der Waals surface area contributed by atoms with Crippen LogP contribution in [0.4, 0.5) is 8.78 Å². The van der Waals surface area contributed by atoms with E-state index in [0.717, 1.165) is 25.7 Å². The number of rotatable bonds is 3. The highest BCUT2D eigenvalue weighted by molar-refractivity contribution is 5.85. The van der Waals surface area contributed by atoms with Gasteiger partial charge in [-0.15, -0.1) is 21.2 Å². The molecule has 1 fully saturated rings. The maximum Gasteiger partial charge on any atom is 0.586 e. The maximum absolute atomic E-state index is 13.2. The van der Waals surface area contributed by atoms with Crippen molar-refractivity contribution in [2.75, 3.05) is 0 Å². The monoisotopic (exact) mass is 335 g/mol. The molecule has 0 aromatic heterocycles. The first-order valence-electron chi connectivity index (χ1n) is 7.30. The summed E-state index contributed by atoms with van der Waals surface area (Å²) in [5.41, 5.74) is 6.46. The fourth-order valence-electron chi connectivity index (χ4n) is 3.21. The molecule has 1 aromatic rings. The van der Waals surface area contributed by atoms with Gasteiger partial charge in [-0.25, -0.2) is 0 Å². The SMILES string of the molecule is Cl.N[C@@H](c1cccc2c1OC(F)(F)O2)[C@H](O)C1CCCCC1. The van der Waals surface area contributed by atoms with Gasteiger partial charge in [-0.1, -0.05) is 31.4 Å². The van der Waals surface area contributed by atoms with E-state index < -0.39 is 18.4 Å². The molecular weight excluding hydrogens is 316 g/mol. The summed E-state index contributed by atoms with van der Waals surface area (Å²) in [6.07, 6.45) is 0.693. The molecule has 7 heteroatoms. The van der Waals surface area contributed by atoms with Crippen molar-refractivity contribution in [1.82, 2.24) is 0 Å². The van der Waals surface area contributed by atoms with Crippen molar-refractivity contribution < 1.29 is 23.4 Å². The largest absolute Gasteiger partial charge is 0.586 e. The third-order valence-electron chi connectivity index (χ3n) is 4.32. The molecule has 0 spiro atoms. The lowest BCUT2D eigenvalue weighted by atomic mass is 9.81. The summed E-state index contributed by atoms with van der Waals surface area (Å²) in [6.45, 7) is 0. The van der Waals surface area contributed by atoms with E-state index in [0.29, 0.717) is 5.56 Å². The fourth-order valence-corrected chi connectivity index (χ4v) is 3.21. The van der Waals surface area contributed by atoms with E-state index in [1.807, 2.05) is 0 Å². The highest BCUT2D eigenvalue weighted by atomic mass is 35.5. The van der Waals surface area contributed by atoms with Gasteiger partial charge in [0.1, 0.15) is 0 Å². The molecule has 2 aliphatic rings. The van der Waals surface area contributed by atoms with Gasteiger partial charge in [-0.3, -0.25) is 0 Å². The number of nitrogens with two attached hydrogens (primary N) is 1. The Morgan fingerprint density at radius 3 is 2.55 bits per heavy atom. The van der Waals surface area contributed by atoms with Crippen molar-refractivity contribution in [3.63, 3.8) is 0 Å². The van der Waals surface area contributed by atoms with Crippen molar-refractivity contribution in [2.24, 2.45) is 11.7 Å². The van der Waals surface area contributed by atoms with Crippen LogP contribution < -0.4 is 15.2 Å². The van der Waals surface area contributed by atoms with E-state index in [1.165, 1.54) is 12.5 Å². The molecule has 0 radical (unpaired) electrons. The molecule has 1 aliphatic heterocycles. The van der Waals surface area contributed by atoms with Crippen LogP contribution in [0.2, 0.25) is 0 Å². The second-order valence-electron chi connectivity index (χ2n) is 5.76. The van der Waals surface area contributed by atoms with Gasteiger partial charge in [0, 0.05) is 5.56 Å². The van der Waals surface area contributed by atoms with Crippen molar-refractivity contribution in [1.29, 1.82) is 0 Å². The predicted molar refractivity (Wildman–Crippen MR) is 79.4 cm³/mol. The second kappa shape index (κ2) is 6.56. The number of para-hydroxylation sites is 1. The lowest BCUT2D eigenvalue weighted by Crippen LogP contribution is -2.34. The second-order valence-corrected chi connectivity index (χ2v) is 5.76. The van der Waals surface area contributed by atoms with Crippen molar-refractivity contribution in [2.45, 2.75) is 50.5 Å². The summed E-state index contributed by atoms with van der Waals surface area (Å²) in [4.78, 5) is 0. The molecule has 0 bridgehead atoms. The number of halogens is 3. The molecule has 4 nitrogen and oxygen atoms in total. The predicted octanol–water partition coefficient (Wildman–Crippen LogP) is 3.37. The number of aliphatic hydroxyl groups is 1. The highest BCUT2D eigenvalue weighted by Gasteiger charge is 2.45. The topological polar surface area (TPSA) is 64.7 Å². The molecule has 1 saturated carbocycles. The summed E-state index contributed by atoms with van der Waals surface area (Å²) in [7, 11) is 0. The number of aliphatic hydroxyl groups excluding tert-OH is 1. The third-order valence-corrected chi connectivity index (χ3v) is 4.32. The van der Waals surface area contributed by atoms with Crippen LogP contribution in [0.15, 0.2) is 18.2 Å². The molecule has 0 amide bonds. The fraction of sp³-hybridized carbons (Fsp3) is 0.600. The van der Waals surface area contributed by atoms with Crippen LogP contribution in [-0.4, -0.2) is 17.5 Å². The van der Waals surface area contributed by atoms with Gasteiger partial charge < -0.3 is 20.3 Å². The van der Waals surface area contributed by atoms with E-state index >= 15 is 0 Å². The van der Waals surface area contributed by atoms with Crippen LogP contribution in [0.3, 0.4) is 0 Å². The molecule has 22 heavy (non-hydrogen) atoms. The zero-order valence-corrected chi connectivity index (χ0v) is 12.8. The summed E-state index contributed by atoms with van der Waals surface area (Å²) in [5.74, 6) is 0.00101. The molecule has 1 heterocycles. The average molecular weight is 336 g/mol. The van der Waals surface area contributed by atoms with Gasteiger partial charge in [0.25, 0.3) is 0 Å². The van der Waals surface area contributed by atoms with Gasteiger partial charge in [0.15, 0.2) is 11.5 Å². The standard InChI is InChI=1S/C15H19F2NO3.ClH/c16-15(17)20-11-8-4-7-10(14(11)21-15)12(18)13(19)9-5-2-1-3-6-9;/h4,7-9,12-13,19H,1-3,5-6,18H2;1H/t12-,13+;/m0./s1. The van der Waals surface area contributed by atoms with Gasteiger partial charge in [0.05, 0.1) is 12.1 Å². The quantitative estimate of drug-likeness (QED) is 0.889. The van der Waals surface area contributed by atoms with E-state index in [4.69, 9.17) is 5.73 Å². The summed E-state index contributed by atoms with van der Waals surface area (Å²) >= 11 is 0. The van der Waals surface area contributed by atoms with Crippen molar-refractivity contribution >= 4 is 12.4 Å². The maximum atomic E-state index is 13.2. The van der Waals surface area contributed by atoms with Crippen LogP contribution in [-0.2, 0) is 0 Å². The Labute approximate surface area is 134 Å². The Kier molecular flexibility index (Phi) is 5.14. The molecule has 0 saturated heterocycles.